The van der Waals surface area contributed by atoms with Gasteiger partial charge >= 0.3 is 0 Å². The van der Waals surface area contributed by atoms with E-state index >= 15 is 0 Å². The lowest BCUT2D eigenvalue weighted by atomic mass is 9.90. The number of nitrogens with zero attached hydrogens (tertiary/aromatic N) is 3. The third-order valence-corrected chi connectivity index (χ3v) is 6.34. The summed E-state index contributed by atoms with van der Waals surface area (Å²) < 4.78 is 5.97. The van der Waals surface area contributed by atoms with Crippen LogP contribution in [0.1, 0.15) is 62.0 Å². The van der Waals surface area contributed by atoms with Crippen LogP contribution in [0.4, 0.5) is 0 Å². The van der Waals surface area contributed by atoms with Gasteiger partial charge in [-0.2, -0.15) is 0 Å². The van der Waals surface area contributed by atoms with E-state index in [0.717, 1.165) is 41.8 Å². The molecule has 0 unspecified atom stereocenters. The molecule has 1 aliphatic rings. The fourth-order valence-electron chi connectivity index (χ4n) is 4.82. The Bertz CT molecular complexity index is 1150. The Morgan fingerprint density at radius 2 is 1.97 bits per heavy atom. The van der Waals surface area contributed by atoms with Crippen molar-refractivity contribution < 1.29 is 4.42 Å². The molecule has 0 radical (unpaired) electrons. The average molecular weight is 400 g/mol. The van der Waals surface area contributed by atoms with Crippen molar-refractivity contribution in [2.75, 3.05) is 6.54 Å². The molecular formula is C26H29N3O. The summed E-state index contributed by atoms with van der Waals surface area (Å²) in [5.41, 5.74) is 5.58. The van der Waals surface area contributed by atoms with Gasteiger partial charge in [-0.25, -0.2) is 0 Å². The number of unbranched alkanes of at least 4 members (excludes halogenated alkanes) is 2. The third kappa shape index (κ3) is 3.72. The minimum absolute atomic E-state index is 0.380. The van der Waals surface area contributed by atoms with Crippen molar-refractivity contribution in [3.05, 3.63) is 71.8 Å². The van der Waals surface area contributed by atoms with Crippen LogP contribution in [-0.4, -0.2) is 21.4 Å². The zero-order valence-corrected chi connectivity index (χ0v) is 17.7. The Hall–Kier alpha value is -2.72. The monoisotopic (exact) mass is 399 g/mol. The summed E-state index contributed by atoms with van der Waals surface area (Å²) in [6, 6.07) is 15.2. The second kappa shape index (κ2) is 8.57. The van der Waals surface area contributed by atoms with Crippen molar-refractivity contribution in [2.45, 2.75) is 58.0 Å². The van der Waals surface area contributed by atoms with Crippen LogP contribution in [0.25, 0.3) is 21.9 Å². The van der Waals surface area contributed by atoms with Crippen LogP contribution in [-0.2, 0) is 13.0 Å². The molecule has 0 bridgehead atoms. The molecule has 1 aromatic carbocycles. The van der Waals surface area contributed by atoms with Gasteiger partial charge in [0.2, 0.25) is 0 Å². The zero-order valence-electron chi connectivity index (χ0n) is 17.7. The van der Waals surface area contributed by atoms with Gasteiger partial charge in [0.1, 0.15) is 5.58 Å². The largest absolute Gasteiger partial charge is 0.454 e. The van der Waals surface area contributed by atoms with Crippen molar-refractivity contribution >= 4 is 21.9 Å². The van der Waals surface area contributed by atoms with Crippen LogP contribution in [0.5, 0.6) is 0 Å². The molecule has 4 aromatic rings. The van der Waals surface area contributed by atoms with Crippen molar-refractivity contribution in [3.8, 4) is 0 Å². The lowest BCUT2D eigenvalue weighted by Gasteiger charge is -2.35. The van der Waals surface area contributed by atoms with E-state index in [1.54, 1.807) is 0 Å². The average Bonchev–Trinajstić information content (AvgIpc) is 3.16. The highest BCUT2D eigenvalue weighted by atomic mass is 16.3. The van der Waals surface area contributed by atoms with E-state index < -0.39 is 0 Å². The molecule has 0 saturated heterocycles. The van der Waals surface area contributed by atoms with Gasteiger partial charge in [0.25, 0.3) is 0 Å². The van der Waals surface area contributed by atoms with E-state index in [-0.39, 0.29) is 0 Å². The Kier molecular flexibility index (Phi) is 5.50. The molecule has 5 rings (SSSR count). The molecule has 0 amide bonds. The molecule has 4 heteroatoms. The molecule has 30 heavy (non-hydrogen) atoms. The minimum Gasteiger partial charge on any atom is -0.454 e. The van der Waals surface area contributed by atoms with Crippen molar-refractivity contribution in [1.82, 2.24) is 14.9 Å². The van der Waals surface area contributed by atoms with Gasteiger partial charge in [-0.15, -0.1) is 0 Å². The summed E-state index contributed by atoms with van der Waals surface area (Å²) in [5, 5.41) is 2.32. The fourth-order valence-corrected chi connectivity index (χ4v) is 4.82. The molecule has 0 fully saturated rings. The number of para-hydroxylation sites is 1. The number of fused-ring (bicyclic) bond motifs is 4. The first-order valence-electron chi connectivity index (χ1n) is 11.3. The van der Waals surface area contributed by atoms with Crippen molar-refractivity contribution in [2.24, 2.45) is 0 Å². The number of rotatable bonds is 7. The van der Waals surface area contributed by atoms with Crippen LogP contribution >= 0.6 is 0 Å². The highest BCUT2D eigenvalue weighted by molar-refractivity contribution is 6.04. The second-order valence-electron chi connectivity index (χ2n) is 8.40. The topological polar surface area (TPSA) is 42.2 Å². The molecule has 0 aliphatic heterocycles. The molecule has 0 N–H and O–H groups in total. The summed E-state index contributed by atoms with van der Waals surface area (Å²) in [5.74, 6) is 0. The fraction of sp³-hybridized carbons (Fsp3) is 0.385. The quantitative estimate of drug-likeness (QED) is 0.335. The predicted octanol–water partition coefficient (Wildman–Crippen LogP) is 6.45. The van der Waals surface area contributed by atoms with Crippen molar-refractivity contribution in [3.63, 3.8) is 0 Å². The van der Waals surface area contributed by atoms with Gasteiger partial charge < -0.3 is 4.42 Å². The molecule has 1 aliphatic carbocycles. The maximum Gasteiger partial charge on any atom is 0.153 e. The number of hydrogen-bond acceptors (Lipinski definition) is 4. The predicted molar refractivity (Wildman–Crippen MR) is 121 cm³/mol. The van der Waals surface area contributed by atoms with E-state index in [1.165, 1.54) is 48.7 Å². The first kappa shape index (κ1) is 19.3. The second-order valence-corrected chi connectivity index (χ2v) is 8.40. The summed E-state index contributed by atoms with van der Waals surface area (Å²) in [7, 11) is 0. The normalized spacial score (nSPS) is 16.4. The minimum atomic E-state index is 0.380. The Labute approximate surface area is 177 Å². The van der Waals surface area contributed by atoms with Crippen LogP contribution in [0.3, 0.4) is 0 Å². The molecule has 0 saturated carbocycles. The van der Waals surface area contributed by atoms with Crippen molar-refractivity contribution in [1.29, 1.82) is 0 Å². The third-order valence-electron chi connectivity index (χ3n) is 6.34. The zero-order chi connectivity index (χ0) is 20.3. The van der Waals surface area contributed by atoms with E-state index in [1.807, 2.05) is 24.5 Å². The maximum atomic E-state index is 5.97. The SMILES string of the molecule is CCCCCN(Cc1cc2c(cn1)oc1ccccc12)[C@H]1CCCc2cccnc21. The smallest absolute Gasteiger partial charge is 0.153 e. The number of aryl methyl sites for hydroxylation is 1. The van der Waals surface area contributed by atoms with Gasteiger partial charge in [0.05, 0.1) is 23.6 Å². The highest BCUT2D eigenvalue weighted by Gasteiger charge is 2.27. The highest BCUT2D eigenvalue weighted by Crippen LogP contribution is 2.34. The maximum absolute atomic E-state index is 5.97. The molecule has 4 nitrogen and oxygen atoms in total. The number of furan rings is 1. The van der Waals surface area contributed by atoms with Gasteiger partial charge in [-0.1, -0.05) is 44.0 Å². The van der Waals surface area contributed by atoms with Crippen LogP contribution in [0.2, 0.25) is 0 Å². The van der Waals surface area contributed by atoms with Crippen LogP contribution < -0.4 is 0 Å². The first-order chi connectivity index (χ1) is 14.8. The molecular weight excluding hydrogens is 370 g/mol. The van der Waals surface area contributed by atoms with Gasteiger partial charge in [-0.3, -0.25) is 14.9 Å². The Morgan fingerprint density at radius 3 is 2.90 bits per heavy atom. The Morgan fingerprint density at radius 1 is 1.03 bits per heavy atom. The number of hydrogen-bond donors (Lipinski definition) is 0. The lowest BCUT2D eigenvalue weighted by Crippen LogP contribution is -2.33. The molecule has 3 heterocycles. The number of benzene rings is 1. The van der Waals surface area contributed by atoms with E-state index in [9.17, 15) is 0 Å². The number of aromatic nitrogens is 2. The molecule has 154 valence electrons. The standard InChI is InChI=1S/C26H29N3O/c1-2-3-6-15-29(23-12-7-9-19-10-8-14-27-26(19)23)18-20-16-22-21-11-4-5-13-24(21)30-25(22)17-28-20/h4-5,8,10-11,13-14,16-17,23H,2-3,6-7,9,12,15,18H2,1H3/t23-/m0/s1. The van der Waals surface area contributed by atoms with E-state index in [2.05, 4.69) is 42.2 Å². The molecule has 1 atom stereocenters. The van der Waals surface area contributed by atoms with Crippen LogP contribution in [0.15, 0.2) is 59.3 Å². The summed E-state index contributed by atoms with van der Waals surface area (Å²) in [6.07, 6.45) is 11.1. The van der Waals surface area contributed by atoms with E-state index in [4.69, 9.17) is 14.4 Å². The van der Waals surface area contributed by atoms with Gasteiger partial charge in [0.15, 0.2) is 5.58 Å². The summed E-state index contributed by atoms with van der Waals surface area (Å²) in [6.45, 7) is 4.20. The molecule has 3 aromatic heterocycles. The first-order valence-corrected chi connectivity index (χ1v) is 11.3. The van der Waals surface area contributed by atoms with E-state index in [0.29, 0.717) is 6.04 Å². The number of pyridine rings is 2. The van der Waals surface area contributed by atoms with Crippen LogP contribution in [0, 0.1) is 0 Å². The Balaban J connectivity index is 1.47. The van der Waals surface area contributed by atoms with Gasteiger partial charge in [0, 0.05) is 23.5 Å². The summed E-state index contributed by atoms with van der Waals surface area (Å²) in [4.78, 5) is 12.2. The van der Waals surface area contributed by atoms with Gasteiger partial charge in [-0.05, 0) is 56.0 Å². The lowest BCUT2D eigenvalue weighted by molar-refractivity contribution is 0.160. The molecule has 0 spiro atoms. The summed E-state index contributed by atoms with van der Waals surface area (Å²) >= 11 is 0.